The summed E-state index contributed by atoms with van der Waals surface area (Å²) in [5.74, 6) is 1.08. The van der Waals surface area contributed by atoms with Gasteiger partial charge in [0.2, 0.25) is 0 Å². The van der Waals surface area contributed by atoms with Crippen LogP contribution in [-0.2, 0) is 11.3 Å². The predicted octanol–water partition coefficient (Wildman–Crippen LogP) is 1.91. The number of piperidine rings is 1. The SMILES string of the molecule is CCOC(=O)N1CCC(NC(N)=NCc2nncn2-c2ccccc2)CC1.I. The lowest BCUT2D eigenvalue weighted by atomic mass is 10.1. The van der Waals surface area contributed by atoms with Crippen LogP contribution in [0.5, 0.6) is 0 Å². The number of likely N-dealkylation sites (tertiary alicyclic amines) is 1. The Labute approximate surface area is 181 Å². The number of ether oxygens (including phenoxy) is 1. The standard InChI is InChI=1S/C18H25N7O2.HI/c1-2-27-18(26)24-10-8-14(9-11-24)22-17(19)20-12-16-23-21-13-25(16)15-6-4-3-5-7-15;/h3-7,13-14H,2,8-12H2,1H3,(H3,19,20,22);1H. The van der Waals surface area contributed by atoms with Crippen molar-refractivity contribution in [1.29, 1.82) is 0 Å². The molecular formula is C18H26IN7O2. The average Bonchev–Trinajstić information content (AvgIpc) is 3.16. The van der Waals surface area contributed by atoms with Gasteiger partial charge in [-0.3, -0.25) is 4.57 Å². The van der Waals surface area contributed by atoms with Crippen molar-refractivity contribution >= 4 is 36.0 Å². The molecule has 3 rings (SSSR count). The smallest absolute Gasteiger partial charge is 0.409 e. The number of rotatable bonds is 5. The minimum atomic E-state index is -0.252. The summed E-state index contributed by atoms with van der Waals surface area (Å²) in [5, 5.41) is 11.3. The molecule has 9 nitrogen and oxygen atoms in total. The van der Waals surface area contributed by atoms with Gasteiger partial charge >= 0.3 is 6.09 Å². The van der Waals surface area contributed by atoms with Gasteiger partial charge in [-0.1, -0.05) is 18.2 Å². The number of aliphatic imine (C=N–C) groups is 1. The Morgan fingerprint density at radius 3 is 2.71 bits per heavy atom. The molecule has 1 amide bonds. The minimum absolute atomic E-state index is 0. The van der Waals surface area contributed by atoms with Crippen molar-refractivity contribution in [2.75, 3.05) is 19.7 Å². The van der Waals surface area contributed by atoms with Crippen molar-refractivity contribution in [3.8, 4) is 5.69 Å². The number of aromatic nitrogens is 3. The summed E-state index contributed by atoms with van der Waals surface area (Å²) in [4.78, 5) is 17.8. The van der Waals surface area contributed by atoms with Gasteiger partial charge in [0.05, 0.1) is 6.61 Å². The zero-order valence-electron chi connectivity index (χ0n) is 15.8. The van der Waals surface area contributed by atoms with E-state index in [1.807, 2.05) is 41.8 Å². The summed E-state index contributed by atoms with van der Waals surface area (Å²) in [6.07, 6.45) is 3.01. The van der Waals surface area contributed by atoms with Crippen LogP contribution in [0.2, 0.25) is 0 Å². The number of carbonyl (C=O) groups is 1. The molecule has 0 atom stereocenters. The maximum absolute atomic E-state index is 11.7. The van der Waals surface area contributed by atoms with E-state index in [2.05, 4.69) is 20.5 Å². The van der Waals surface area contributed by atoms with E-state index in [1.165, 1.54) is 0 Å². The topological polar surface area (TPSA) is 111 Å². The molecule has 2 aromatic rings. The molecule has 1 aromatic heterocycles. The van der Waals surface area contributed by atoms with E-state index in [1.54, 1.807) is 11.2 Å². The van der Waals surface area contributed by atoms with E-state index >= 15 is 0 Å². The normalized spacial score (nSPS) is 15.0. The van der Waals surface area contributed by atoms with E-state index in [4.69, 9.17) is 10.5 Å². The Balaban J connectivity index is 0.00000280. The van der Waals surface area contributed by atoms with Gasteiger partial charge in [0.15, 0.2) is 11.8 Å². The predicted molar refractivity (Wildman–Crippen MR) is 117 cm³/mol. The number of nitrogens with zero attached hydrogens (tertiary/aromatic N) is 5. The van der Waals surface area contributed by atoms with Crippen LogP contribution in [-0.4, -0.2) is 57.5 Å². The maximum atomic E-state index is 11.7. The molecule has 2 heterocycles. The molecular weight excluding hydrogens is 473 g/mol. The molecule has 0 spiro atoms. The van der Waals surface area contributed by atoms with Gasteiger partial charge in [0.1, 0.15) is 12.9 Å². The third-order valence-corrected chi connectivity index (χ3v) is 4.42. The zero-order valence-corrected chi connectivity index (χ0v) is 18.2. The van der Waals surface area contributed by atoms with Crippen LogP contribution in [0.4, 0.5) is 4.79 Å². The fourth-order valence-corrected chi connectivity index (χ4v) is 3.00. The first-order valence-corrected chi connectivity index (χ1v) is 9.10. The number of halogens is 1. The second-order valence-corrected chi connectivity index (χ2v) is 6.26. The third-order valence-electron chi connectivity index (χ3n) is 4.42. The van der Waals surface area contributed by atoms with E-state index in [0.717, 1.165) is 18.5 Å². The molecule has 0 bridgehead atoms. The van der Waals surface area contributed by atoms with Crippen LogP contribution >= 0.6 is 24.0 Å². The van der Waals surface area contributed by atoms with E-state index in [9.17, 15) is 4.79 Å². The summed E-state index contributed by atoms with van der Waals surface area (Å²) in [6.45, 7) is 3.82. The lowest BCUT2D eigenvalue weighted by molar-refractivity contribution is 0.0963. The Hall–Kier alpha value is -2.37. The van der Waals surface area contributed by atoms with Gasteiger partial charge in [0.25, 0.3) is 0 Å². The van der Waals surface area contributed by atoms with Crippen molar-refractivity contribution in [2.45, 2.75) is 32.4 Å². The quantitative estimate of drug-likeness (QED) is 0.370. The molecule has 0 radical (unpaired) electrons. The second kappa shape index (κ2) is 10.8. The Bertz CT molecular complexity index is 773. The number of carbonyl (C=O) groups excluding carboxylic acids is 1. The highest BCUT2D eigenvalue weighted by Crippen LogP contribution is 2.12. The van der Waals surface area contributed by atoms with Crippen molar-refractivity contribution in [2.24, 2.45) is 10.7 Å². The summed E-state index contributed by atoms with van der Waals surface area (Å²) in [6, 6.07) is 10.0. The van der Waals surface area contributed by atoms with Crippen LogP contribution in [0, 0.1) is 0 Å². The molecule has 152 valence electrons. The number of hydrogen-bond acceptors (Lipinski definition) is 5. The van der Waals surface area contributed by atoms with Crippen molar-refractivity contribution in [3.63, 3.8) is 0 Å². The molecule has 3 N–H and O–H groups in total. The number of guanidine groups is 1. The number of benzene rings is 1. The van der Waals surface area contributed by atoms with Crippen LogP contribution in [0.15, 0.2) is 41.7 Å². The minimum Gasteiger partial charge on any atom is -0.450 e. The third kappa shape index (κ3) is 5.81. The molecule has 10 heteroatoms. The van der Waals surface area contributed by atoms with Gasteiger partial charge in [-0.25, -0.2) is 9.79 Å². The Kier molecular flexibility index (Phi) is 8.48. The van der Waals surface area contributed by atoms with Gasteiger partial charge in [-0.2, -0.15) is 0 Å². The molecule has 1 aromatic carbocycles. The molecule has 0 unspecified atom stereocenters. The maximum Gasteiger partial charge on any atom is 0.409 e. The molecule has 1 aliphatic rings. The summed E-state index contributed by atoms with van der Waals surface area (Å²) in [7, 11) is 0. The lowest BCUT2D eigenvalue weighted by Gasteiger charge is -2.31. The monoisotopic (exact) mass is 499 g/mol. The molecule has 1 aliphatic heterocycles. The van der Waals surface area contributed by atoms with Crippen LogP contribution < -0.4 is 11.1 Å². The molecule has 1 saturated heterocycles. The first-order valence-electron chi connectivity index (χ1n) is 9.10. The fourth-order valence-electron chi connectivity index (χ4n) is 3.00. The summed E-state index contributed by atoms with van der Waals surface area (Å²) in [5.41, 5.74) is 7.01. The number of nitrogens with one attached hydrogen (secondary N) is 1. The van der Waals surface area contributed by atoms with Crippen LogP contribution in [0.3, 0.4) is 0 Å². The summed E-state index contributed by atoms with van der Waals surface area (Å²) < 4.78 is 6.91. The highest BCUT2D eigenvalue weighted by Gasteiger charge is 2.23. The Morgan fingerprint density at radius 2 is 2.04 bits per heavy atom. The van der Waals surface area contributed by atoms with Crippen molar-refractivity contribution in [1.82, 2.24) is 25.0 Å². The van der Waals surface area contributed by atoms with Gasteiger partial charge < -0.3 is 20.7 Å². The highest BCUT2D eigenvalue weighted by molar-refractivity contribution is 14.0. The largest absolute Gasteiger partial charge is 0.450 e. The van der Waals surface area contributed by atoms with Crippen molar-refractivity contribution in [3.05, 3.63) is 42.5 Å². The fraction of sp³-hybridized carbons (Fsp3) is 0.444. The second-order valence-electron chi connectivity index (χ2n) is 6.26. The molecule has 28 heavy (non-hydrogen) atoms. The molecule has 1 fully saturated rings. The number of nitrogens with two attached hydrogens (primary N) is 1. The molecule has 0 saturated carbocycles. The zero-order chi connectivity index (χ0) is 19.1. The van der Waals surface area contributed by atoms with E-state index in [-0.39, 0.29) is 36.1 Å². The highest BCUT2D eigenvalue weighted by atomic mass is 127. The van der Waals surface area contributed by atoms with Gasteiger partial charge in [-0.15, -0.1) is 34.2 Å². The Morgan fingerprint density at radius 1 is 1.32 bits per heavy atom. The van der Waals surface area contributed by atoms with Gasteiger partial charge in [0, 0.05) is 24.8 Å². The van der Waals surface area contributed by atoms with Crippen LogP contribution in [0.1, 0.15) is 25.6 Å². The number of para-hydroxylation sites is 1. The summed E-state index contributed by atoms with van der Waals surface area (Å²) >= 11 is 0. The first-order chi connectivity index (χ1) is 13.2. The number of amides is 1. The van der Waals surface area contributed by atoms with Gasteiger partial charge in [-0.05, 0) is 31.9 Å². The first kappa shape index (κ1) is 21.9. The van der Waals surface area contributed by atoms with E-state index < -0.39 is 0 Å². The van der Waals surface area contributed by atoms with Crippen molar-refractivity contribution < 1.29 is 9.53 Å². The van der Waals surface area contributed by atoms with E-state index in [0.29, 0.717) is 38.0 Å². The average molecular weight is 499 g/mol. The molecule has 0 aliphatic carbocycles. The van der Waals surface area contributed by atoms with Crippen LogP contribution in [0.25, 0.3) is 5.69 Å². The lowest BCUT2D eigenvalue weighted by Crippen LogP contribution is -2.48. The number of hydrogen-bond donors (Lipinski definition) is 2.